The number of hydrogen-bond acceptors (Lipinski definition) is 5. The molecule has 0 aromatic carbocycles. The predicted molar refractivity (Wildman–Crippen MR) is 121 cm³/mol. The monoisotopic (exact) mass is 437 g/mol. The number of likely N-dealkylation sites (tertiary alicyclic amines) is 1. The van der Waals surface area contributed by atoms with Crippen LogP contribution in [0.15, 0.2) is 0 Å². The highest BCUT2D eigenvalue weighted by atomic mass is 16.2. The van der Waals surface area contributed by atoms with Gasteiger partial charge >= 0.3 is 0 Å². The predicted octanol–water partition coefficient (Wildman–Crippen LogP) is 1.30. The van der Waals surface area contributed by atoms with Crippen molar-refractivity contribution in [3.63, 3.8) is 0 Å². The molecule has 3 amide bonds. The Balaban J connectivity index is 3.10. The molecule has 1 heterocycles. The highest BCUT2D eigenvalue weighted by Gasteiger charge is 2.40. The van der Waals surface area contributed by atoms with Crippen molar-refractivity contribution in [1.29, 1.82) is 0 Å². The van der Waals surface area contributed by atoms with E-state index < -0.39 is 18.1 Å². The van der Waals surface area contributed by atoms with Gasteiger partial charge in [-0.15, -0.1) is 0 Å². The van der Waals surface area contributed by atoms with E-state index in [1.165, 1.54) is 9.80 Å². The summed E-state index contributed by atoms with van der Waals surface area (Å²) in [5.74, 6) is -0.973. The lowest BCUT2D eigenvalue weighted by Crippen LogP contribution is -2.60. The summed E-state index contributed by atoms with van der Waals surface area (Å²) in [6, 6.07) is -2.38. The van der Waals surface area contributed by atoms with Gasteiger partial charge in [0, 0.05) is 13.6 Å². The van der Waals surface area contributed by atoms with E-state index >= 15 is 0 Å². The fourth-order valence-electron chi connectivity index (χ4n) is 4.46. The summed E-state index contributed by atoms with van der Waals surface area (Å²) in [6.07, 6.45) is 3.30. The first-order valence-electron chi connectivity index (χ1n) is 11.3. The molecule has 1 aliphatic heterocycles. The maximum atomic E-state index is 13.4. The smallest absolute Gasteiger partial charge is 0.246 e. The second-order valence-electron chi connectivity index (χ2n) is 9.83. The average Bonchev–Trinajstić information content (AvgIpc) is 3.13. The number of rotatable bonds is 10. The lowest BCUT2D eigenvalue weighted by molar-refractivity contribution is -0.149. The Bertz CT molecular complexity index is 639. The van der Waals surface area contributed by atoms with Gasteiger partial charge < -0.3 is 15.1 Å². The maximum absolute atomic E-state index is 13.4. The van der Waals surface area contributed by atoms with Crippen LogP contribution in [-0.2, 0) is 19.2 Å². The average molecular weight is 438 g/mol. The Kier molecular flexibility index (Phi) is 10.1. The van der Waals surface area contributed by atoms with Gasteiger partial charge in [0.25, 0.3) is 0 Å². The van der Waals surface area contributed by atoms with Crippen LogP contribution in [0.3, 0.4) is 0 Å². The van der Waals surface area contributed by atoms with Crippen LogP contribution in [-0.4, -0.2) is 90.6 Å². The molecular formula is C23H41N4O4. The van der Waals surface area contributed by atoms with Crippen molar-refractivity contribution in [2.45, 2.75) is 78.6 Å². The van der Waals surface area contributed by atoms with Crippen LogP contribution in [0.25, 0.3) is 0 Å². The lowest BCUT2D eigenvalue weighted by atomic mass is 9.96. The van der Waals surface area contributed by atoms with E-state index in [9.17, 15) is 19.2 Å². The number of carbonyl (C=O) groups excluding carboxylic acids is 4. The van der Waals surface area contributed by atoms with Crippen LogP contribution < -0.4 is 5.32 Å². The summed E-state index contributed by atoms with van der Waals surface area (Å²) in [5.41, 5.74) is 0. The molecule has 1 aliphatic rings. The summed E-state index contributed by atoms with van der Waals surface area (Å²) in [7, 11) is 5.28. The molecule has 1 N–H and O–H groups in total. The van der Waals surface area contributed by atoms with E-state index in [1.807, 2.05) is 66.8 Å². The summed E-state index contributed by atoms with van der Waals surface area (Å²) >= 11 is 0. The standard InChI is InChI=1S/C23H41N4O4/c1-14(2)18(24-21(29)19(15(3)4)25(7)8)22(30)26(9)20(16(5)6)23(31)27-12-10-11-17(27)13-28/h14-20H,10-12H2,1-9H3,(H,24,29)/t17-,18-,19-,20-/m0/s1. The van der Waals surface area contributed by atoms with Gasteiger partial charge in [-0.3, -0.25) is 24.1 Å². The first kappa shape index (κ1) is 27.1. The van der Waals surface area contributed by atoms with Gasteiger partial charge in [0.15, 0.2) is 0 Å². The topological polar surface area (TPSA) is 90.0 Å². The Morgan fingerprint density at radius 2 is 1.48 bits per heavy atom. The van der Waals surface area contributed by atoms with E-state index in [2.05, 4.69) is 5.32 Å². The van der Waals surface area contributed by atoms with E-state index in [-0.39, 0.29) is 41.5 Å². The molecule has 8 nitrogen and oxygen atoms in total. The SMILES string of the molecule is CC(C)[C@H](NC(=O)[C@H](C(C)C)N(C)C)C(=O)N(C)[C@H](C(=O)N1CCC[C@H]1[C]=O)C(C)C. The van der Waals surface area contributed by atoms with E-state index in [1.54, 1.807) is 7.05 Å². The van der Waals surface area contributed by atoms with Gasteiger partial charge in [-0.2, -0.15) is 0 Å². The Morgan fingerprint density at radius 3 is 1.90 bits per heavy atom. The Hall–Kier alpha value is -1.96. The molecule has 1 rings (SSSR count). The molecule has 0 bridgehead atoms. The fraction of sp³-hybridized carbons (Fsp3) is 0.826. The van der Waals surface area contributed by atoms with Crippen LogP contribution >= 0.6 is 0 Å². The minimum absolute atomic E-state index is 0.0762. The van der Waals surface area contributed by atoms with Crippen molar-refractivity contribution >= 4 is 24.0 Å². The number of hydrogen-bond donors (Lipinski definition) is 1. The number of nitrogens with one attached hydrogen (secondary N) is 1. The van der Waals surface area contributed by atoms with Crippen LogP contribution in [0.1, 0.15) is 54.4 Å². The van der Waals surface area contributed by atoms with Gasteiger partial charge in [-0.1, -0.05) is 41.5 Å². The summed E-state index contributed by atoms with van der Waals surface area (Å²) in [6.45, 7) is 11.9. The zero-order valence-electron chi connectivity index (χ0n) is 20.6. The van der Waals surface area contributed by atoms with Gasteiger partial charge in [0.2, 0.25) is 24.0 Å². The second-order valence-corrected chi connectivity index (χ2v) is 9.83. The first-order valence-corrected chi connectivity index (χ1v) is 11.3. The van der Waals surface area contributed by atoms with Crippen LogP contribution in [0.2, 0.25) is 0 Å². The van der Waals surface area contributed by atoms with Crippen LogP contribution in [0, 0.1) is 17.8 Å². The molecule has 4 atom stereocenters. The van der Waals surface area contributed by atoms with Crippen LogP contribution in [0.4, 0.5) is 0 Å². The minimum Gasteiger partial charge on any atom is -0.343 e. The molecular weight excluding hydrogens is 396 g/mol. The van der Waals surface area contributed by atoms with Crippen molar-refractivity contribution in [3.05, 3.63) is 0 Å². The molecule has 1 fully saturated rings. The van der Waals surface area contributed by atoms with Crippen molar-refractivity contribution < 1.29 is 19.2 Å². The normalized spacial score (nSPS) is 19.6. The van der Waals surface area contributed by atoms with Gasteiger partial charge in [-0.05, 0) is 44.7 Å². The summed E-state index contributed by atoms with van der Waals surface area (Å²) < 4.78 is 0. The fourth-order valence-corrected chi connectivity index (χ4v) is 4.46. The lowest BCUT2D eigenvalue weighted by Gasteiger charge is -2.37. The molecule has 31 heavy (non-hydrogen) atoms. The van der Waals surface area contributed by atoms with Crippen molar-refractivity contribution in [1.82, 2.24) is 20.0 Å². The Morgan fingerprint density at radius 1 is 0.935 bits per heavy atom. The molecule has 0 spiro atoms. The third-order valence-corrected chi connectivity index (χ3v) is 6.01. The van der Waals surface area contributed by atoms with Gasteiger partial charge in [0.05, 0.1) is 12.1 Å². The molecule has 0 saturated carbocycles. The van der Waals surface area contributed by atoms with E-state index in [0.29, 0.717) is 13.0 Å². The molecule has 0 unspecified atom stereocenters. The van der Waals surface area contributed by atoms with Crippen molar-refractivity contribution in [2.75, 3.05) is 27.7 Å². The minimum atomic E-state index is -0.750. The third kappa shape index (κ3) is 6.51. The zero-order valence-corrected chi connectivity index (χ0v) is 20.6. The second kappa shape index (κ2) is 11.6. The number of amides is 3. The molecule has 177 valence electrons. The molecule has 0 aromatic rings. The summed E-state index contributed by atoms with van der Waals surface area (Å²) in [4.78, 5) is 55.7. The summed E-state index contributed by atoms with van der Waals surface area (Å²) in [5, 5.41) is 2.92. The van der Waals surface area contributed by atoms with E-state index in [0.717, 1.165) is 6.42 Å². The van der Waals surface area contributed by atoms with Gasteiger partial charge in [-0.25, -0.2) is 0 Å². The molecule has 1 saturated heterocycles. The molecule has 1 radical (unpaired) electrons. The van der Waals surface area contributed by atoms with Crippen molar-refractivity contribution in [2.24, 2.45) is 17.8 Å². The van der Waals surface area contributed by atoms with Crippen molar-refractivity contribution in [3.8, 4) is 0 Å². The van der Waals surface area contributed by atoms with Gasteiger partial charge in [0.1, 0.15) is 12.1 Å². The highest BCUT2D eigenvalue weighted by molar-refractivity contribution is 5.94. The number of carbonyl (C=O) groups is 3. The highest BCUT2D eigenvalue weighted by Crippen LogP contribution is 2.22. The molecule has 0 aliphatic carbocycles. The largest absolute Gasteiger partial charge is 0.343 e. The third-order valence-electron chi connectivity index (χ3n) is 6.01. The number of likely N-dealkylation sites (N-methyl/N-ethyl adjacent to an activating group) is 2. The zero-order chi connectivity index (χ0) is 24.0. The maximum Gasteiger partial charge on any atom is 0.246 e. The molecule has 8 heteroatoms. The Labute approximate surface area is 187 Å². The quantitative estimate of drug-likeness (QED) is 0.556. The first-order chi connectivity index (χ1) is 14.3. The molecule has 0 aromatic heterocycles. The van der Waals surface area contributed by atoms with E-state index in [4.69, 9.17) is 0 Å². The number of nitrogens with zero attached hydrogens (tertiary/aromatic N) is 3. The van der Waals surface area contributed by atoms with Crippen LogP contribution in [0.5, 0.6) is 0 Å².